The van der Waals surface area contributed by atoms with Gasteiger partial charge in [0.25, 0.3) is 0 Å². The number of sulfone groups is 1. The van der Waals surface area contributed by atoms with Crippen LogP contribution in [0.4, 0.5) is 0 Å². The normalized spacial score (nSPS) is 19.1. The van der Waals surface area contributed by atoms with Crippen molar-refractivity contribution in [1.82, 2.24) is 4.90 Å². The van der Waals surface area contributed by atoms with Gasteiger partial charge in [-0.2, -0.15) is 0 Å². The van der Waals surface area contributed by atoms with Crippen molar-refractivity contribution in [3.05, 3.63) is 53.6 Å². The third-order valence-electron chi connectivity index (χ3n) is 4.53. The Labute approximate surface area is 137 Å². The lowest BCUT2D eigenvalue weighted by Crippen LogP contribution is -2.13. The molecule has 23 heavy (non-hydrogen) atoms. The van der Waals surface area contributed by atoms with E-state index < -0.39 is 9.84 Å². The van der Waals surface area contributed by atoms with E-state index >= 15 is 0 Å². The highest BCUT2D eigenvalue weighted by Gasteiger charge is 2.24. The standard InChI is InChI=1S/C18H21NO3S/c1-13-11-17(7-8-18(13)14-9-10-19(2)12-14)23(21,22)16-5-3-15(20)4-6-16/h3-8,11,14,20H,9-10,12H2,1-2H3/t14-/m1/s1. The number of hydrogen-bond acceptors (Lipinski definition) is 4. The van der Waals surface area contributed by atoms with Crippen LogP contribution >= 0.6 is 0 Å². The van der Waals surface area contributed by atoms with E-state index in [1.54, 1.807) is 12.1 Å². The fourth-order valence-electron chi connectivity index (χ4n) is 3.22. The largest absolute Gasteiger partial charge is 0.508 e. The predicted octanol–water partition coefficient (Wildman–Crippen LogP) is 2.95. The highest BCUT2D eigenvalue weighted by Crippen LogP contribution is 2.31. The van der Waals surface area contributed by atoms with Crippen LogP contribution in [0, 0.1) is 6.92 Å². The number of aryl methyl sites for hydroxylation is 1. The van der Waals surface area contributed by atoms with Crippen molar-refractivity contribution in [3.8, 4) is 5.75 Å². The Balaban J connectivity index is 1.94. The van der Waals surface area contributed by atoms with E-state index in [1.807, 2.05) is 13.0 Å². The van der Waals surface area contributed by atoms with Crippen LogP contribution in [0.25, 0.3) is 0 Å². The van der Waals surface area contributed by atoms with Gasteiger partial charge >= 0.3 is 0 Å². The zero-order valence-corrected chi connectivity index (χ0v) is 14.2. The summed E-state index contributed by atoms with van der Waals surface area (Å²) in [5, 5.41) is 9.32. The van der Waals surface area contributed by atoms with Crippen LogP contribution in [-0.4, -0.2) is 38.6 Å². The number of nitrogens with zero attached hydrogens (tertiary/aromatic N) is 1. The third kappa shape index (κ3) is 3.12. The second-order valence-electron chi connectivity index (χ2n) is 6.26. The number of phenols is 1. The molecule has 2 aromatic rings. The van der Waals surface area contributed by atoms with Crippen molar-refractivity contribution in [2.75, 3.05) is 20.1 Å². The number of rotatable bonds is 3. The number of benzene rings is 2. The van der Waals surface area contributed by atoms with Gasteiger partial charge in [-0.15, -0.1) is 0 Å². The van der Waals surface area contributed by atoms with Crippen LogP contribution < -0.4 is 0 Å². The maximum Gasteiger partial charge on any atom is 0.206 e. The summed E-state index contributed by atoms with van der Waals surface area (Å²) in [6, 6.07) is 11.1. The topological polar surface area (TPSA) is 57.6 Å². The van der Waals surface area contributed by atoms with Crippen LogP contribution in [-0.2, 0) is 9.84 Å². The summed E-state index contributed by atoms with van der Waals surface area (Å²) >= 11 is 0. The first kappa shape index (κ1) is 16.0. The lowest BCUT2D eigenvalue weighted by atomic mass is 9.94. The average molecular weight is 331 g/mol. The number of likely N-dealkylation sites (tertiary alicyclic amines) is 1. The molecule has 0 spiro atoms. The van der Waals surface area contributed by atoms with Gasteiger partial charge in [-0.05, 0) is 80.4 Å². The van der Waals surface area contributed by atoms with Gasteiger partial charge in [0.1, 0.15) is 5.75 Å². The Hall–Kier alpha value is -1.85. The third-order valence-corrected chi connectivity index (χ3v) is 6.30. The number of hydrogen-bond donors (Lipinski definition) is 1. The molecule has 1 saturated heterocycles. The zero-order chi connectivity index (χ0) is 16.6. The van der Waals surface area contributed by atoms with E-state index in [4.69, 9.17) is 0 Å². The first-order valence-electron chi connectivity index (χ1n) is 7.71. The fraction of sp³-hybridized carbons (Fsp3) is 0.333. The summed E-state index contributed by atoms with van der Waals surface area (Å²) in [5.41, 5.74) is 2.25. The zero-order valence-electron chi connectivity index (χ0n) is 13.4. The Morgan fingerprint density at radius 2 is 1.74 bits per heavy atom. The summed E-state index contributed by atoms with van der Waals surface area (Å²) < 4.78 is 25.4. The number of phenolic OH excluding ortho intramolecular Hbond substituents is 1. The van der Waals surface area contributed by atoms with Crippen LogP contribution in [0.2, 0.25) is 0 Å². The molecular formula is C18H21NO3S. The Kier molecular flexibility index (Phi) is 4.17. The van der Waals surface area contributed by atoms with Crippen LogP contribution in [0.1, 0.15) is 23.5 Å². The molecule has 0 unspecified atom stereocenters. The minimum Gasteiger partial charge on any atom is -0.508 e. The first-order valence-corrected chi connectivity index (χ1v) is 9.19. The smallest absolute Gasteiger partial charge is 0.206 e. The number of aromatic hydroxyl groups is 1. The molecule has 2 aromatic carbocycles. The first-order chi connectivity index (χ1) is 10.9. The minimum atomic E-state index is -3.55. The molecule has 1 heterocycles. The van der Waals surface area contributed by atoms with Gasteiger partial charge in [0.2, 0.25) is 9.84 Å². The average Bonchev–Trinajstić information content (AvgIpc) is 2.94. The molecular weight excluding hydrogens is 310 g/mol. The molecule has 0 radical (unpaired) electrons. The van der Waals surface area contributed by atoms with E-state index in [9.17, 15) is 13.5 Å². The highest BCUT2D eigenvalue weighted by atomic mass is 32.2. The van der Waals surface area contributed by atoms with Gasteiger partial charge in [0.05, 0.1) is 9.79 Å². The molecule has 1 N–H and O–H groups in total. The second kappa shape index (κ2) is 5.98. The molecule has 0 bridgehead atoms. The van der Waals surface area contributed by atoms with Gasteiger partial charge in [-0.25, -0.2) is 8.42 Å². The van der Waals surface area contributed by atoms with Crippen LogP contribution in [0.3, 0.4) is 0 Å². The molecule has 1 fully saturated rings. The monoisotopic (exact) mass is 331 g/mol. The van der Waals surface area contributed by atoms with Gasteiger partial charge in [-0.1, -0.05) is 6.07 Å². The van der Waals surface area contributed by atoms with Gasteiger partial charge in [0, 0.05) is 6.54 Å². The van der Waals surface area contributed by atoms with Crippen molar-refractivity contribution in [2.24, 2.45) is 0 Å². The Bertz CT molecular complexity index is 813. The molecule has 4 nitrogen and oxygen atoms in total. The summed E-state index contributed by atoms with van der Waals surface area (Å²) in [6.45, 7) is 4.08. The molecule has 3 rings (SSSR count). The van der Waals surface area contributed by atoms with Gasteiger partial charge in [0.15, 0.2) is 0 Å². The molecule has 0 saturated carbocycles. The van der Waals surface area contributed by atoms with Gasteiger partial charge < -0.3 is 10.0 Å². The minimum absolute atomic E-state index is 0.0563. The summed E-state index contributed by atoms with van der Waals surface area (Å²) in [4.78, 5) is 2.80. The van der Waals surface area contributed by atoms with E-state index in [0.29, 0.717) is 10.8 Å². The quantitative estimate of drug-likeness (QED) is 0.939. The van der Waals surface area contributed by atoms with Crippen molar-refractivity contribution >= 4 is 9.84 Å². The SMILES string of the molecule is Cc1cc(S(=O)(=O)c2ccc(O)cc2)ccc1[C@@H]1CCN(C)C1. The Morgan fingerprint density at radius 1 is 1.09 bits per heavy atom. The van der Waals surface area contributed by atoms with Crippen molar-refractivity contribution in [1.29, 1.82) is 0 Å². The maximum atomic E-state index is 12.7. The Morgan fingerprint density at radius 3 is 2.30 bits per heavy atom. The van der Waals surface area contributed by atoms with E-state index in [1.165, 1.54) is 29.8 Å². The van der Waals surface area contributed by atoms with Crippen LogP contribution in [0.5, 0.6) is 5.75 Å². The molecule has 1 aliphatic rings. The molecule has 122 valence electrons. The molecule has 0 aromatic heterocycles. The van der Waals surface area contributed by atoms with E-state index in [2.05, 4.69) is 11.9 Å². The number of likely N-dealkylation sites (N-methyl/N-ethyl adjacent to an activating group) is 1. The molecule has 0 aliphatic carbocycles. The van der Waals surface area contributed by atoms with Crippen molar-refractivity contribution in [3.63, 3.8) is 0 Å². The van der Waals surface area contributed by atoms with Crippen molar-refractivity contribution in [2.45, 2.75) is 29.1 Å². The summed E-state index contributed by atoms with van der Waals surface area (Å²) in [7, 11) is -1.44. The molecule has 1 atom stereocenters. The van der Waals surface area contributed by atoms with Crippen molar-refractivity contribution < 1.29 is 13.5 Å². The summed E-state index contributed by atoms with van der Waals surface area (Å²) in [6.07, 6.45) is 1.11. The van der Waals surface area contributed by atoms with Gasteiger partial charge in [-0.3, -0.25) is 0 Å². The highest BCUT2D eigenvalue weighted by molar-refractivity contribution is 7.91. The maximum absolute atomic E-state index is 12.7. The lowest BCUT2D eigenvalue weighted by molar-refractivity contribution is 0.411. The molecule has 0 amide bonds. The molecule has 5 heteroatoms. The lowest BCUT2D eigenvalue weighted by Gasteiger charge is -2.15. The van der Waals surface area contributed by atoms with E-state index in [-0.39, 0.29) is 10.6 Å². The second-order valence-corrected chi connectivity index (χ2v) is 8.21. The van der Waals surface area contributed by atoms with E-state index in [0.717, 1.165) is 25.1 Å². The molecule has 1 aliphatic heterocycles. The fourth-order valence-corrected chi connectivity index (χ4v) is 4.57. The summed E-state index contributed by atoms with van der Waals surface area (Å²) in [5.74, 6) is 0.534. The predicted molar refractivity (Wildman–Crippen MR) is 89.6 cm³/mol. The van der Waals surface area contributed by atoms with Crippen LogP contribution in [0.15, 0.2) is 52.3 Å².